The Bertz CT molecular complexity index is 804. The van der Waals surface area contributed by atoms with Gasteiger partial charge in [-0.15, -0.1) is 0 Å². The first-order chi connectivity index (χ1) is 13.1. The van der Waals surface area contributed by atoms with Crippen LogP contribution in [0.2, 0.25) is 5.02 Å². The van der Waals surface area contributed by atoms with Crippen molar-refractivity contribution in [2.75, 3.05) is 17.2 Å². The highest BCUT2D eigenvalue weighted by Crippen LogP contribution is 2.26. The minimum atomic E-state index is -0.300. The van der Waals surface area contributed by atoms with Gasteiger partial charge in [-0.1, -0.05) is 49.1 Å². The molecular formula is C21H23ClN2O3. The van der Waals surface area contributed by atoms with Crippen LogP contribution in [0.5, 0.6) is 5.75 Å². The second kappa shape index (κ2) is 9.42. The van der Waals surface area contributed by atoms with E-state index in [4.69, 9.17) is 16.3 Å². The third-order valence-electron chi connectivity index (χ3n) is 4.59. The smallest absolute Gasteiger partial charge is 0.262 e. The van der Waals surface area contributed by atoms with E-state index in [1.807, 2.05) is 6.07 Å². The maximum atomic E-state index is 12.4. The molecule has 0 unspecified atom stereocenters. The van der Waals surface area contributed by atoms with Crippen molar-refractivity contribution in [1.82, 2.24) is 0 Å². The van der Waals surface area contributed by atoms with Gasteiger partial charge >= 0.3 is 0 Å². The topological polar surface area (TPSA) is 67.4 Å². The lowest BCUT2D eigenvalue weighted by Gasteiger charge is -2.20. The van der Waals surface area contributed by atoms with Crippen molar-refractivity contribution in [3.63, 3.8) is 0 Å². The summed E-state index contributed by atoms with van der Waals surface area (Å²) in [6.07, 6.45) is 5.32. The normalized spacial score (nSPS) is 14.4. The molecule has 0 heterocycles. The first kappa shape index (κ1) is 19.2. The summed E-state index contributed by atoms with van der Waals surface area (Å²) >= 11 is 6.00. The van der Waals surface area contributed by atoms with Gasteiger partial charge in [0.2, 0.25) is 5.91 Å². The van der Waals surface area contributed by atoms with Gasteiger partial charge in [0.15, 0.2) is 6.61 Å². The van der Waals surface area contributed by atoms with Gasteiger partial charge in [-0.05, 0) is 43.2 Å². The molecular weight excluding hydrogens is 364 g/mol. The predicted molar refractivity (Wildman–Crippen MR) is 107 cm³/mol. The Hall–Kier alpha value is -2.53. The molecule has 2 N–H and O–H groups in total. The summed E-state index contributed by atoms with van der Waals surface area (Å²) in [5, 5.41) is 6.17. The second-order valence-electron chi connectivity index (χ2n) is 6.67. The molecule has 0 radical (unpaired) electrons. The number of amides is 2. The lowest BCUT2D eigenvalue weighted by atomic mass is 9.88. The Morgan fingerprint density at radius 1 is 0.963 bits per heavy atom. The van der Waals surface area contributed by atoms with Crippen molar-refractivity contribution in [3.05, 3.63) is 53.6 Å². The Morgan fingerprint density at radius 2 is 1.67 bits per heavy atom. The Kier molecular flexibility index (Phi) is 6.71. The van der Waals surface area contributed by atoms with Crippen LogP contribution in [0.25, 0.3) is 0 Å². The third kappa shape index (κ3) is 5.73. The van der Waals surface area contributed by atoms with E-state index in [0.717, 1.165) is 25.7 Å². The molecule has 2 aromatic carbocycles. The Balaban J connectivity index is 1.53. The van der Waals surface area contributed by atoms with Gasteiger partial charge in [0.25, 0.3) is 5.91 Å². The van der Waals surface area contributed by atoms with Gasteiger partial charge in [0, 0.05) is 17.3 Å². The number of para-hydroxylation sites is 1. The molecule has 6 heteroatoms. The minimum Gasteiger partial charge on any atom is -0.482 e. The maximum Gasteiger partial charge on any atom is 0.262 e. The summed E-state index contributed by atoms with van der Waals surface area (Å²) in [5.74, 6) is 0.301. The Morgan fingerprint density at radius 3 is 2.41 bits per heavy atom. The number of halogens is 1. The zero-order valence-corrected chi connectivity index (χ0v) is 15.8. The highest BCUT2D eigenvalue weighted by atomic mass is 35.5. The maximum absolute atomic E-state index is 12.4. The van der Waals surface area contributed by atoms with E-state index < -0.39 is 0 Å². The van der Waals surface area contributed by atoms with Gasteiger partial charge in [0.1, 0.15) is 5.75 Å². The zero-order chi connectivity index (χ0) is 19.1. The largest absolute Gasteiger partial charge is 0.482 e. The van der Waals surface area contributed by atoms with Crippen LogP contribution in [-0.4, -0.2) is 18.4 Å². The molecule has 2 aromatic rings. The van der Waals surface area contributed by atoms with E-state index in [0.29, 0.717) is 22.1 Å². The summed E-state index contributed by atoms with van der Waals surface area (Å²) in [6, 6.07) is 14.1. The molecule has 2 amide bonds. The first-order valence-corrected chi connectivity index (χ1v) is 9.58. The quantitative estimate of drug-likeness (QED) is 0.743. The molecule has 1 fully saturated rings. The van der Waals surface area contributed by atoms with Crippen LogP contribution in [-0.2, 0) is 9.59 Å². The number of carbonyl (C=O) groups excluding carboxylic acids is 2. The SMILES string of the molecule is O=C(COc1ccccc1Cl)Nc1cccc(NC(=O)C2CCCCC2)c1. The number of nitrogens with one attached hydrogen (secondary N) is 2. The van der Waals surface area contributed by atoms with Crippen molar-refractivity contribution in [1.29, 1.82) is 0 Å². The van der Waals surface area contributed by atoms with Crippen LogP contribution in [0.1, 0.15) is 32.1 Å². The summed E-state index contributed by atoms with van der Waals surface area (Å²) in [6.45, 7) is -0.150. The number of anilines is 2. The average Bonchev–Trinajstić information content (AvgIpc) is 2.68. The highest BCUT2D eigenvalue weighted by molar-refractivity contribution is 6.32. The average molecular weight is 387 g/mol. The first-order valence-electron chi connectivity index (χ1n) is 9.20. The fourth-order valence-corrected chi connectivity index (χ4v) is 3.38. The third-order valence-corrected chi connectivity index (χ3v) is 4.90. The fraction of sp³-hybridized carbons (Fsp3) is 0.333. The number of benzene rings is 2. The van der Waals surface area contributed by atoms with Gasteiger partial charge in [-0.3, -0.25) is 9.59 Å². The van der Waals surface area contributed by atoms with Gasteiger partial charge in [0.05, 0.1) is 5.02 Å². The number of ether oxygens (including phenoxy) is 1. The lowest BCUT2D eigenvalue weighted by molar-refractivity contribution is -0.120. The molecule has 0 aromatic heterocycles. The summed E-state index contributed by atoms with van der Waals surface area (Å²) in [5.41, 5.74) is 1.28. The van der Waals surface area contributed by atoms with Crippen LogP contribution in [0, 0.1) is 5.92 Å². The molecule has 3 rings (SSSR count). The molecule has 1 aliphatic carbocycles. The minimum absolute atomic E-state index is 0.0558. The fourth-order valence-electron chi connectivity index (χ4n) is 3.19. The van der Waals surface area contributed by atoms with Crippen molar-refractivity contribution < 1.29 is 14.3 Å². The van der Waals surface area contributed by atoms with Gasteiger partial charge in [-0.2, -0.15) is 0 Å². The van der Waals surface area contributed by atoms with E-state index in [1.165, 1.54) is 6.42 Å². The van der Waals surface area contributed by atoms with Crippen LogP contribution in [0.4, 0.5) is 11.4 Å². The van der Waals surface area contributed by atoms with E-state index >= 15 is 0 Å². The highest BCUT2D eigenvalue weighted by Gasteiger charge is 2.21. The van der Waals surface area contributed by atoms with Gasteiger partial charge in [-0.25, -0.2) is 0 Å². The van der Waals surface area contributed by atoms with Crippen molar-refractivity contribution in [2.45, 2.75) is 32.1 Å². The lowest BCUT2D eigenvalue weighted by Crippen LogP contribution is -2.25. The predicted octanol–water partition coefficient (Wildman–Crippen LogP) is 4.88. The number of rotatable bonds is 6. The molecule has 1 saturated carbocycles. The van der Waals surface area contributed by atoms with Crippen molar-refractivity contribution in [2.24, 2.45) is 5.92 Å². The number of carbonyl (C=O) groups is 2. The van der Waals surface area contributed by atoms with Crippen molar-refractivity contribution >= 4 is 34.8 Å². The van der Waals surface area contributed by atoms with Crippen molar-refractivity contribution in [3.8, 4) is 5.75 Å². The summed E-state index contributed by atoms with van der Waals surface area (Å²) in [4.78, 5) is 24.5. The number of hydrogen-bond donors (Lipinski definition) is 2. The van der Waals surface area contributed by atoms with Crippen LogP contribution < -0.4 is 15.4 Å². The van der Waals surface area contributed by atoms with E-state index in [-0.39, 0.29) is 24.3 Å². The van der Waals surface area contributed by atoms with Crippen LogP contribution in [0.3, 0.4) is 0 Å². The molecule has 0 spiro atoms. The molecule has 0 bridgehead atoms. The number of hydrogen-bond acceptors (Lipinski definition) is 3. The monoisotopic (exact) mass is 386 g/mol. The molecule has 0 aliphatic heterocycles. The molecule has 0 atom stereocenters. The molecule has 5 nitrogen and oxygen atoms in total. The molecule has 27 heavy (non-hydrogen) atoms. The summed E-state index contributed by atoms with van der Waals surface area (Å²) in [7, 11) is 0. The van der Waals surface area contributed by atoms with E-state index in [1.54, 1.807) is 42.5 Å². The van der Waals surface area contributed by atoms with E-state index in [9.17, 15) is 9.59 Å². The molecule has 0 saturated heterocycles. The standard InChI is InChI=1S/C21H23ClN2O3/c22-18-11-4-5-12-19(18)27-14-20(25)23-16-9-6-10-17(13-16)24-21(26)15-7-2-1-3-8-15/h4-6,9-13,15H,1-3,7-8,14H2,(H,23,25)(H,24,26). The zero-order valence-electron chi connectivity index (χ0n) is 15.0. The Labute approximate surface area is 164 Å². The molecule has 1 aliphatic rings. The summed E-state index contributed by atoms with van der Waals surface area (Å²) < 4.78 is 5.43. The van der Waals surface area contributed by atoms with Gasteiger partial charge < -0.3 is 15.4 Å². The van der Waals surface area contributed by atoms with E-state index in [2.05, 4.69) is 10.6 Å². The van der Waals surface area contributed by atoms with Crippen LogP contribution >= 0.6 is 11.6 Å². The second-order valence-corrected chi connectivity index (χ2v) is 7.08. The van der Waals surface area contributed by atoms with Crippen LogP contribution in [0.15, 0.2) is 48.5 Å². The molecule has 142 valence electrons.